The van der Waals surface area contributed by atoms with E-state index >= 15 is 0 Å². The van der Waals surface area contributed by atoms with Crippen molar-refractivity contribution in [2.24, 2.45) is 0 Å². The van der Waals surface area contributed by atoms with Gasteiger partial charge < -0.3 is 25.4 Å². The summed E-state index contributed by atoms with van der Waals surface area (Å²) in [6.07, 6.45) is 0. The standard InChI is InChI=1S/C25H27N3O4/c1-4-32-21-12-10-20(11-13-21)27-25(30)18-6-8-19(9-7-18)26-16-24(29)28-22-15-17(2)5-14-23(22)31-3/h5-15,26H,4,16H2,1-3H3,(H,27,30)(H,28,29). The van der Waals surface area contributed by atoms with Crippen molar-refractivity contribution in [3.8, 4) is 11.5 Å². The van der Waals surface area contributed by atoms with Crippen LogP contribution in [0, 0.1) is 6.92 Å². The number of hydrogen-bond acceptors (Lipinski definition) is 5. The molecule has 0 aliphatic heterocycles. The van der Waals surface area contributed by atoms with Gasteiger partial charge in [-0.05, 0) is 80.1 Å². The van der Waals surface area contributed by atoms with Crippen molar-refractivity contribution in [1.82, 2.24) is 0 Å². The highest BCUT2D eigenvalue weighted by molar-refractivity contribution is 6.04. The zero-order valence-corrected chi connectivity index (χ0v) is 18.4. The molecule has 3 rings (SSSR count). The Bertz CT molecular complexity index is 1060. The van der Waals surface area contributed by atoms with Crippen LogP contribution in [-0.2, 0) is 4.79 Å². The van der Waals surface area contributed by atoms with Gasteiger partial charge in [0.05, 0.1) is 25.9 Å². The van der Waals surface area contributed by atoms with E-state index in [4.69, 9.17) is 9.47 Å². The molecule has 3 aromatic carbocycles. The topological polar surface area (TPSA) is 88.7 Å². The number of anilines is 3. The van der Waals surface area contributed by atoms with E-state index in [0.717, 1.165) is 17.0 Å². The molecule has 7 nitrogen and oxygen atoms in total. The van der Waals surface area contributed by atoms with Gasteiger partial charge in [-0.3, -0.25) is 9.59 Å². The van der Waals surface area contributed by atoms with E-state index in [1.807, 2.05) is 44.2 Å². The molecule has 32 heavy (non-hydrogen) atoms. The predicted octanol–water partition coefficient (Wildman–Crippen LogP) is 4.71. The maximum absolute atomic E-state index is 12.5. The first-order valence-corrected chi connectivity index (χ1v) is 10.3. The van der Waals surface area contributed by atoms with Crippen LogP contribution in [0.1, 0.15) is 22.8 Å². The minimum absolute atomic E-state index is 0.0782. The average molecular weight is 434 g/mol. The highest BCUT2D eigenvalue weighted by atomic mass is 16.5. The smallest absolute Gasteiger partial charge is 0.255 e. The largest absolute Gasteiger partial charge is 0.495 e. The van der Waals surface area contributed by atoms with Crippen LogP contribution < -0.4 is 25.4 Å². The maximum Gasteiger partial charge on any atom is 0.255 e. The molecule has 0 aromatic heterocycles. The van der Waals surface area contributed by atoms with E-state index in [1.165, 1.54) is 0 Å². The molecule has 0 fully saturated rings. The van der Waals surface area contributed by atoms with E-state index in [-0.39, 0.29) is 18.4 Å². The van der Waals surface area contributed by atoms with Crippen molar-refractivity contribution < 1.29 is 19.1 Å². The first-order valence-electron chi connectivity index (χ1n) is 10.3. The van der Waals surface area contributed by atoms with Gasteiger partial charge in [0.15, 0.2) is 0 Å². The number of methoxy groups -OCH3 is 1. The van der Waals surface area contributed by atoms with Crippen molar-refractivity contribution in [3.63, 3.8) is 0 Å². The highest BCUT2D eigenvalue weighted by Crippen LogP contribution is 2.25. The molecular formula is C25H27N3O4. The third-order valence-corrected chi connectivity index (χ3v) is 4.65. The zero-order chi connectivity index (χ0) is 22.9. The molecule has 3 N–H and O–H groups in total. The first-order chi connectivity index (χ1) is 15.5. The Balaban J connectivity index is 1.52. The molecule has 0 atom stereocenters. The molecular weight excluding hydrogens is 406 g/mol. The summed E-state index contributed by atoms with van der Waals surface area (Å²) in [5.41, 5.74) is 3.57. The second kappa shape index (κ2) is 10.9. The van der Waals surface area contributed by atoms with Crippen LogP contribution in [0.15, 0.2) is 66.7 Å². The summed E-state index contributed by atoms with van der Waals surface area (Å²) in [6.45, 7) is 4.53. The Morgan fingerprint density at radius 1 is 0.875 bits per heavy atom. The molecule has 0 saturated heterocycles. The highest BCUT2D eigenvalue weighted by Gasteiger charge is 2.09. The summed E-state index contributed by atoms with van der Waals surface area (Å²) in [6, 6.07) is 19.7. The lowest BCUT2D eigenvalue weighted by molar-refractivity contribution is -0.114. The van der Waals surface area contributed by atoms with Gasteiger partial charge in [-0.25, -0.2) is 0 Å². The molecule has 3 aromatic rings. The van der Waals surface area contributed by atoms with Crippen LogP contribution in [-0.4, -0.2) is 32.1 Å². The number of carbonyl (C=O) groups is 2. The van der Waals surface area contributed by atoms with Crippen molar-refractivity contribution in [2.45, 2.75) is 13.8 Å². The Morgan fingerprint density at radius 2 is 1.56 bits per heavy atom. The second-order valence-electron chi connectivity index (χ2n) is 7.09. The van der Waals surface area contributed by atoms with Gasteiger partial charge in [-0.15, -0.1) is 0 Å². The molecule has 2 amide bonds. The summed E-state index contributed by atoms with van der Waals surface area (Å²) in [5, 5.41) is 8.74. The Morgan fingerprint density at radius 3 is 2.22 bits per heavy atom. The lowest BCUT2D eigenvalue weighted by atomic mass is 10.2. The van der Waals surface area contributed by atoms with E-state index in [2.05, 4.69) is 16.0 Å². The fourth-order valence-electron chi connectivity index (χ4n) is 3.04. The van der Waals surface area contributed by atoms with Gasteiger partial charge in [0, 0.05) is 16.9 Å². The average Bonchev–Trinajstić information content (AvgIpc) is 2.80. The van der Waals surface area contributed by atoms with Gasteiger partial charge in [0.25, 0.3) is 5.91 Å². The van der Waals surface area contributed by atoms with Crippen LogP contribution >= 0.6 is 0 Å². The SMILES string of the molecule is CCOc1ccc(NC(=O)c2ccc(NCC(=O)Nc3cc(C)ccc3OC)cc2)cc1. The van der Waals surface area contributed by atoms with Gasteiger partial charge in [-0.1, -0.05) is 6.07 Å². The lowest BCUT2D eigenvalue weighted by Crippen LogP contribution is -2.22. The number of hydrogen-bond donors (Lipinski definition) is 3. The first kappa shape index (κ1) is 22.7. The van der Waals surface area contributed by atoms with Crippen molar-refractivity contribution in [2.75, 3.05) is 36.2 Å². The van der Waals surface area contributed by atoms with Gasteiger partial charge in [-0.2, -0.15) is 0 Å². The molecule has 0 aliphatic carbocycles. The summed E-state index contributed by atoms with van der Waals surface area (Å²) in [5.74, 6) is 0.939. The number of aryl methyl sites for hydroxylation is 1. The van der Waals surface area contributed by atoms with E-state index in [1.54, 1.807) is 43.5 Å². The molecule has 0 heterocycles. The van der Waals surface area contributed by atoms with E-state index in [9.17, 15) is 9.59 Å². The molecule has 0 spiro atoms. The number of rotatable bonds is 9. The Hall–Kier alpha value is -4.00. The van der Waals surface area contributed by atoms with Gasteiger partial charge >= 0.3 is 0 Å². The second-order valence-corrected chi connectivity index (χ2v) is 7.09. The summed E-state index contributed by atoms with van der Waals surface area (Å²) in [7, 11) is 1.56. The number of carbonyl (C=O) groups excluding carboxylic acids is 2. The fraction of sp³-hybridized carbons (Fsp3) is 0.200. The van der Waals surface area contributed by atoms with Crippen LogP contribution in [0.4, 0.5) is 17.1 Å². The molecule has 0 bridgehead atoms. The lowest BCUT2D eigenvalue weighted by Gasteiger charge is -2.12. The maximum atomic E-state index is 12.5. The molecule has 0 aliphatic rings. The zero-order valence-electron chi connectivity index (χ0n) is 18.4. The quantitative estimate of drug-likeness (QED) is 0.455. The van der Waals surface area contributed by atoms with Gasteiger partial charge in [0.2, 0.25) is 5.91 Å². The van der Waals surface area contributed by atoms with Crippen LogP contribution in [0.5, 0.6) is 11.5 Å². The van der Waals surface area contributed by atoms with Crippen molar-refractivity contribution in [3.05, 3.63) is 77.9 Å². The monoisotopic (exact) mass is 433 g/mol. The normalized spacial score (nSPS) is 10.2. The van der Waals surface area contributed by atoms with Crippen LogP contribution in [0.3, 0.4) is 0 Å². The van der Waals surface area contributed by atoms with Crippen molar-refractivity contribution in [1.29, 1.82) is 0 Å². The molecule has 7 heteroatoms. The number of ether oxygens (including phenoxy) is 2. The number of nitrogens with one attached hydrogen (secondary N) is 3. The van der Waals surface area contributed by atoms with E-state index < -0.39 is 0 Å². The van der Waals surface area contributed by atoms with Crippen LogP contribution in [0.25, 0.3) is 0 Å². The summed E-state index contributed by atoms with van der Waals surface area (Å²) >= 11 is 0. The summed E-state index contributed by atoms with van der Waals surface area (Å²) in [4.78, 5) is 24.8. The molecule has 0 saturated carbocycles. The predicted molar refractivity (Wildman–Crippen MR) is 127 cm³/mol. The number of benzene rings is 3. The third-order valence-electron chi connectivity index (χ3n) is 4.65. The Labute approximate surface area is 187 Å². The molecule has 0 unspecified atom stereocenters. The van der Waals surface area contributed by atoms with Gasteiger partial charge in [0.1, 0.15) is 11.5 Å². The molecule has 0 radical (unpaired) electrons. The fourth-order valence-corrected chi connectivity index (χ4v) is 3.04. The minimum Gasteiger partial charge on any atom is -0.495 e. The third kappa shape index (κ3) is 6.25. The minimum atomic E-state index is -0.218. The van der Waals surface area contributed by atoms with Crippen LogP contribution in [0.2, 0.25) is 0 Å². The Kier molecular flexibility index (Phi) is 7.70. The van der Waals surface area contributed by atoms with E-state index in [0.29, 0.717) is 29.3 Å². The summed E-state index contributed by atoms with van der Waals surface area (Å²) < 4.78 is 10.7. The van der Waals surface area contributed by atoms with Crippen molar-refractivity contribution >= 4 is 28.9 Å². The molecule has 166 valence electrons. The number of amides is 2.